The van der Waals surface area contributed by atoms with Gasteiger partial charge in [0, 0.05) is 18.8 Å². The second-order valence-electron chi connectivity index (χ2n) is 7.29. The van der Waals surface area contributed by atoms with Crippen molar-refractivity contribution in [2.45, 2.75) is 52.7 Å². The van der Waals surface area contributed by atoms with Gasteiger partial charge in [0.2, 0.25) is 11.8 Å². The molecule has 0 aromatic heterocycles. The monoisotopic (exact) mass is 361 g/mol. The molecule has 0 saturated carbocycles. The van der Waals surface area contributed by atoms with Crippen LogP contribution in [-0.2, 0) is 14.3 Å². The molecule has 1 fully saturated rings. The maximum absolute atomic E-state index is 12.4. The molecule has 0 bridgehead atoms. The third kappa shape index (κ3) is 5.54. The van der Waals surface area contributed by atoms with Gasteiger partial charge in [-0.15, -0.1) is 0 Å². The van der Waals surface area contributed by atoms with Crippen LogP contribution in [-0.4, -0.2) is 55.6 Å². The topological polar surface area (TPSA) is 70.7 Å². The van der Waals surface area contributed by atoms with Gasteiger partial charge in [0.15, 0.2) is 0 Å². The Bertz CT molecular complexity index is 631. The summed E-state index contributed by atoms with van der Waals surface area (Å²) in [5.74, 6) is -0.208. The number of hydrogen-bond donors (Lipinski definition) is 2. The summed E-state index contributed by atoms with van der Waals surface area (Å²) in [6.45, 7) is 9.28. The number of likely N-dealkylation sites (N-methyl/N-ethyl adjacent to an activating group) is 1. The van der Waals surface area contributed by atoms with E-state index in [4.69, 9.17) is 4.74 Å². The van der Waals surface area contributed by atoms with Gasteiger partial charge in [-0.1, -0.05) is 17.7 Å². The van der Waals surface area contributed by atoms with Crippen LogP contribution in [0.3, 0.4) is 0 Å². The Morgan fingerprint density at radius 1 is 1.27 bits per heavy atom. The number of ether oxygens (including phenoxy) is 1. The molecule has 2 amide bonds. The predicted molar refractivity (Wildman–Crippen MR) is 103 cm³/mol. The maximum atomic E-state index is 12.4. The van der Waals surface area contributed by atoms with Crippen molar-refractivity contribution in [3.8, 4) is 0 Å². The van der Waals surface area contributed by atoms with Crippen molar-refractivity contribution >= 4 is 17.5 Å². The molecule has 144 valence electrons. The van der Waals surface area contributed by atoms with Crippen molar-refractivity contribution < 1.29 is 14.3 Å². The molecule has 2 rings (SSSR count). The van der Waals surface area contributed by atoms with Gasteiger partial charge in [0.1, 0.15) is 0 Å². The van der Waals surface area contributed by atoms with E-state index in [1.165, 1.54) is 5.56 Å². The molecule has 1 aromatic carbocycles. The fraction of sp³-hybridized carbons (Fsp3) is 0.600. The number of benzene rings is 1. The van der Waals surface area contributed by atoms with E-state index in [1.54, 1.807) is 18.9 Å². The Hall–Kier alpha value is -1.92. The van der Waals surface area contributed by atoms with Crippen molar-refractivity contribution in [3.63, 3.8) is 0 Å². The largest absolute Gasteiger partial charge is 0.376 e. The third-order valence-corrected chi connectivity index (χ3v) is 4.90. The zero-order valence-corrected chi connectivity index (χ0v) is 16.5. The van der Waals surface area contributed by atoms with Gasteiger partial charge in [-0.3, -0.25) is 14.5 Å². The van der Waals surface area contributed by atoms with Crippen molar-refractivity contribution in [1.82, 2.24) is 10.2 Å². The van der Waals surface area contributed by atoms with Crippen LogP contribution in [0.15, 0.2) is 12.1 Å². The molecule has 1 saturated heterocycles. The molecule has 2 N–H and O–H groups in total. The predicted octanol–water partition coefficient (Wildman–Crippen LogP) is 2.17. The Morgan fingerprint density at radius 3 is 2.50 bits per heavy atom. The summed E-state index contributed by atoms with van der Waals surface area (Å²) in [6.07, 6.45) is 2.16. The molecular weight excluding hydrogens is 330 g/mol. The zero-order valence-electron chi connectivity index (χ0n) is 16.5. The third-order valence-electron chi connectivity index (χ3n) is 4.90. The van der Waals surface area contributed by atoms with Crippen LogP contribution in [0, 0.1) is 20.8 Å². The van der Waals surface area contributed by atoms with E-state index >= 15 is 0 Å². The first-order chi connectivity index (χ1) is 12.3. The van der Waals surface area contributed by atoms with Crippen LogP contribution >= 0.6 is 0 Å². The molecule has 2 atom stereocenters. The summed E-state index contributed by atoms with van der Waals surface area (Å²) < 4.78 is 5.51. The minimum atomic E-state index is -0.387. The second-order valence-corrected chi connectivity index (χ2v) is 7.29. The summed E-state index contributed by atoms with van der Waals surface area (Å²) in [7, 11) is 1.78. The van der Waals surface area contributed by atoms with Gasteiger partial charge in [0.25, 0.3) is 0 Å². The lowest BCUT2D eigenvalue weighted by Gasteiger charge is -2.24. The molecule has 1 aliphatic heterocycles. The van der Waals surface area contributed by atoms with Gasteiger partial charge < -0.3 is 15.4 Å². The molecule has 0 radical (unpaired) electrons. The summed E-state index contributed by atoms with van der Waals surface area (Å²) in [5, 5.41) is 5.89. The van der Waals surface area contributed by atoms with Gasteiger partial charge in [-0.2, -0.15) is 0 Å². The Balaban J connectivity index is 1.84. The molecule has 6 heteroatoms. The molecular formula is C20H31N3O3. The maximum Gasteiger partial charge on any atom is 0.238 e. The lowest BCUT2D eigenvalue weighted by atomic mass is 10.1. The Kier molecular flexibility index (Phi) is 7.17. The lowest BCUT2D eigenvalue weighted by molar-refractivity contribution is -0.127. The van der Waals surface area contributed by atoms with Crippen molar-refractivity contribution in [3.05, 3.63) is 28.8 Å². The minimum absolute atomic E-state index is 0.0847. The highest BCUT2D eigenvalue weighted by atomic mass is 16.5. The number of nitrogens with one attached hydrogen (secondary N) is 2. The SMILES string of the molecule is Cc1cc(C)c(NC(=O)CN(C)C(C)C(=O)NCC2CCCO2)c(C)c1. The van der Waals surface area contributed by atoms with E-state index in [0.717, 1.165) is 36.3 Å². The highest BCUT2D eigenvalue weighted by Crippen LogP contribution is 2.21. The van der Waals surface area contributed by atoms with Crippen LogP contribution in [0.2, 0.25) is 0 Å². The number of aryl methyl sites for hydroxylation is 3. The lowest BCUT2D eigenvalue weighted by Crippen LogP contribution is -2.47. The highest BCUT2D eigenvalue weighted by Gasteiger charge is 2.22. The summed E-state index contributed by atoms with van der Waals surface area (Å²) in [4.78, 5) is 26.4. The first-order valence-corrected chi connectivity index (χ1v) is 9.25. The van der Waals surface area contributed by atoms with Gasteiger partial charge >= 0.3 is 0 Å². The summed E-state index contributed by atoms with van der Waals surface area (Å²) in [6, 6.07) is 3.71. The highest BCUT2D eigenvalue weighted by molar-refractivity contribution is 5.94. The van der Waals surface area contributed by atoms with Crippen LogP contribution in [0.25, 0.3) is 0 Å². The average Bonchev–Trinajstić information content (AvgIpc) is 3.08. The Morgan fingerprint density at radius 2 is 1.92 bits per heavy atom. The van der Waals surface area contributed by atoms with Crippen LogP contribution in [0.1, 0.15) is 36.5 Å². The first-order valence-electron chi connectivity index (χ1n) is 9.25. The number of nitrogens with zero attached hydrogens (tertiary/aromatic N) is 1. The van der Waals surface area contributed by atoms with Gasteiger partial charge in [-0.05, 0) is 58.7 Å². The van der Waals surface area contributed by atoms with Crippen LogP contribution in [0.4, 0.5) is 5.69 Å². The number of hydrogen-bond acceptors (Lipinski definition) is 4. The molecule has 1 heterocycles. The van der Waals surface area contributed by atoms with Crippen LogP contribution < -0.4 is 10.6 Å². The van der Waals surface area contributed by atoms with E-state index in [0.29, 0.717) is 6.54 Å². The average molecular weight is 361 g/mol. The summed E-state index contributed by atoms with van der Waals surface area (Å²) >= 11 is 0. The van der Waals surface area contributed by atoms with E-state index in [-0.39, 0.29) is 30.5 Å². The quantitative estimate of drug-likeness (QED) is 0.781. The second kappa shape index (κ2) is 9.14. The van der Waals surface area contributed by atoms with Gasteiger partial charge in [-0.25, -0.2) is 0 Å². The fourth-order valence-corrected chi connectivity index (χ4v) is 3.29. The molecule has 1 aliphatic rings. The van der Waals surface area contributed by atoms with E-state index in [2.05, 4.69) is 10.6 Å². The molecule has 0 spiro atoms. The van der Waals surface area contributed by atoms with E-state index in [9.17, 15) is 9.59 Å². The summed E-state index contributed by atoms with van der Waals surface area (Å²) in [5.41, 5.74) is 4.11. The first kappa shape index (κ1) is 20.4. The molecule has 2 unspecified atom stereocenters. The number of amides is 2. The minimum Gasteiger partial charge on any atom is -0.376 e. The van der Waals surface area contributed by atoms with Crippen LogP contribution in [0.5, 0.6) is 0 Å². The van der Waals surface area contributed by atoms with E-state index in [1.807, 2.05) is 32.9 Å². The normalized spacial score (nSPS) is 18.0. The number of carbonyl (C=O) groups excluding carboxylic acids is 2. The molecule has 6 nitrogen and oxygen atoms in total. The van der Waals surface area contributed by atoms with E-state index < -0.39 is 0 Å². The number of anilines is 1. The molecule has 26 heavy (non-hydrogen) atoms. The smallest absolute Gasteiger partial charge is 0.238 e. The zero-order chi connectivity index (χ0) is 19.3. The van der Waals surface area contributed by atoms with Gasteiger partial charge in [0.05, 0.1) is 18.7 Å². The fourth-order valence-electron chi connectivity index (χ4n) is 3.29. The Labute approximate surface area is 156 Å². The van der Waals surface area contributed by atoms with Crippen molar-refractivity contribution in [2.75, 3.05) is 32.1 Å². The standard InChI is InChI=1S/C20H31N3O3/c1-13-9-14(2)19(15(3)10-13)22-18(24)12-23(5)16(4)20(25)21-11-17-7-6-8-26-17/h9-10,16-17H,6-8,11-12H2,1-5H3,(H,21,25)(H,22,24). The number of carbonyl (C=O) groups is 2. The number of rotatable bonds is 7. The van der Waals surface area contributed by atoms with Crippen molar-refractivity contribution in [2.24, 2.45) is 0 Å². The van der Waals surface area contributed by atoms with Crippen molar-refractivity contribution in [1.29, 1.82) is 0 Å². The molecule has 0 aliphatic carbocycles. The molecule has 1 aromatic rings.